The van der Waals surface area contributed by atoms with E-state index >= 15 is 0 Å². The molecule has 0 saturated heterocycles. The van der Waals surface area contributed by atoms with Gasteiger partial charge in [-0.25, -0.2) is 0 Å². The summed E-state index contributed by atoms with van der Waals surface area (Å²) < 4.78 is 6.68. The van der Waals surface area contributed by atoms with Crippen LogP contribution in [0.3, 0.4) is 0 Å². The molecule has 1 heterocycles. The van der Waals surface area contributed by atoms with E-state index in [0.717, 1.165) is 17.1 Å². The summed E-state index contributed by atoms with van der Waals surface area (Å²) in [5.41, 5.74) is 9.71. The average molecular weight is 647 g/mol. The third kappa shape index (κ3) is 4.16. The van der Waals surface area contributed by atoms with E-state index in [9.17, 15) is 0 Å². The van der Waals surface area contributed by atoms with E-state index in [0.29, 0.717) is 0 Å². The Balaban J connectivity index is 1.28. The third-order valence-electron chi connectivity index (χ3n) is 10.8. The van der Waals surface area contributed by atoms with Gasteiger partial charge in [-0.15, -0.1) is 0 Å². The van der Waals surface area contributed by atoms with E-state index in [4.69, 9.17) is 4.74 Å². The predicted octanol–water partition coefficient (Wildman–Crippen LogP) is 14.2. The van der Waals surface area contributed by atoms with Crippen molar-refractivity contribution in [3.05, 3.63) is 182 Å². The maximum Gasteiger partial charge on any atom is 0.135 e. The van der Waals surface area contributed by atoms with Gasteiger partial charge in [-0.3, -0.25) is 0 Å². The summed E-state index contributed by atoms with van der Waals surface area (Å²) in [5, 5.41) is 12.4. The second-order valence-electron chi connectivity index (χ2n) is 13.6. The van der Waals surface area contributed by atoms with E-state index in [1.54, 1.807) is 0 Å². The quantitative estimate of drug-likeness (QED) is 0.137. The highest BCUT2D eigenvalue weighted by atomic mass is 16.5. The van der Waals surface area contributed by atoms with Crippen molar-refractivity contribution in [2.45, 2.75) is 0 Å². The lowest BCUT2D eigenvalue weighted by Gasteiger charge is -2.24. The molecule has 0 aliphatic carbocycles. The highest BCUT2D eigenvalue weighted by molar-refractivity contribution is 6.29. The van der Waals surface area contributed by atoms with Gasteiger partial charge < -0.3 is 4.74 Å². The minimum Gasteiger partial charge on any atom is -0.456 e. The van der Waals surface area contributed by atoms with E-state index in [-0.39, 0.29) is 0 Å². The Hall–Kier alpha value is -6.70. The van der Waals surface area contributed by atoms with Crippen molar-refractivity contribution in [3.8, 4) is 56.0 Å². The molecule has 1 nitrogen and oxygen atoms in total. The lowest BCUT2D eigenvalue weighted by atomic mass is 9.82. The Morgan fingerprint density at radius 3 is 1.71 bits per heavy atom. The first-order chi connectivity index (χ1) is 25.3. The number of hydrogen-bond donors (Lipinski definition) is 0. The summed E-state index contributed by atoms with van der Waals surface area (Å²) in [6.45, 7) is 0. The first-order valence-electron chi connectivity index (χ1n) is 17.6. The average Bonchev–Trinajstić information content (AvgIpc) is 3.20. The lowest BCUT2D eigenvalue weighted by molar-refractivity contribution is 0.487. The van der Waals surface area contributed by atoms with Crippen LogP contribution in [0.1, 0.15) is 0 Å². The van der Waals surface area contributed by atoms with Gasteiger partial charge >= 0.3 is 0 Å². The van der Waals surface area contributed by atoms with Crippen LogP contribution < -0.4 is 4.74 Å². The summed E-state index contributed by atoms with van der Waals surface area (Å²) in [6, 6.07) is 66.3. The van der Waals surface area contributed by atoms with Crippen LogP contribution in [0.4, 0.5) is 0 Å². The van der Waals surface area contributed by atoms with Crippen LogP contribution in [-0.4, -0.2) is 0 Å². The highest BCUT2D eigenvalue weighted by Crippen LogP contribution is 2.52. The van der Waals surface area contributed by atoms with Crippen LogP contribution in [0, 0.1) is 0 Å². The zero-order valence-electron chi connectivity index (χ0n) is 27.7. The molecule has 1 aliphatic rings. The Morgan fingerprint density at radius 1 is 0.275 bits per heavy atom. The third-order valence-corrected chi connectivity index (χ3v) is 10.8. The second kappa shape index (κ2) is 10.9. The first kappa shape index (κ1) is 28.2. The first-order valence-corrected chi connectivity index (χ1v) is 17.6. The van der Waals surface area contributed by atoms with Crippen LogP contribution in [0.5, 0.6) is 11.5 Å². The highest BCUT2D eigenvalue weighted by Gasteiger charge is 2.24. The van der Waals surface area contributed by atoms with Crippen molar-refractivity contribution in [2.24, 2.45) is 0 Å². The smallest absolute Gasteiger partial charge is 0.135 e. The standard InChI is InChI=1S/C50H30O/c1-3-13-31(14-4-1)35-21-11-22-39-37(35)26-27-42-47(32-15-5-2-6-16-32)40-19-9-10-20-41(40)48(50(39)42)34-25-28-45-43(30-34)44-29-33-17-7-8-18-36(33)38-23-12-24-46(51-45)49(38)44/h1-30H. The number of benzene rings is 10. The maximum absolute atomic E-state index is 6.68. The number of rotatable bonds is 3. The molecule has 0 unspecified atom stereocenters. The molecular weight excluding hydrogens is 617 g/mol. The van der Waals surface area contributed by atoms with Crippen LogP contribution in [0.15, 0.2) is 182 Å². The van der Waals surface area contributed by atoms with Gasteiger partial charge in [-0.05, 0) is 112 Å². The topological polar surface area (TPSA) is 9.23 Å². The molecule has 0 bridgehead atoms. The van der Waals surface area contributed by atoms with Crippen molar-refractivity contribution >= 4 is 53.9 Å². The Kier molecular flexibility index (Phi) is 6.02. The van der Waals surface area contributed by atoms with E-state index in [1.807, 2.05) is 0 Å². The zero-order valence-corrected chi connectivity index (χ0v) is 27.7. The minimum absolute atomic E-state index is 0.889. The molecule has 0 aromatic heterocycles. The second-order valence-corrected chi connectivity index (χ2v) is 13.6. The van der Waals surface area contributed by atoms with E-state index < -0.39 is 0 Å². The molecule has 0 fully saturated rings. The molecule has 1 heteroatoms. The summed E-state index contributed by atoms with van der Waals surface area (Å²) in [7, 11) is 0. The van der Waals surface area contributed by atoms with Crippen LogP contribution in [-0.2, 0) is 0 Å². The molecule has 1 aliphatic heterocycles. The summed E-state index contributed by atoms with van der Waals surface area (Å²) >= 11 is 0. The van der Waals surface area contributed by atoms with Gasteiger partial charge in [0.1, 0.15) is 11.5 Å². The van der Waals surface area contributed by atoms with Gasteiger partial charge in [0.15, 0.2) is 0 Å². The van der Waals surface area contributed by atoms with Gasteiger partial charge in [-0.2, -0.15) is 0 Å². The van der Waals surface area contributed by atoms with Crippen molar-refractivity contribution in [2.75, 3.05) is 0 Å². The SMILES string of the molecule is c1ccc(-c2cccc3c2ccc2c(-c4ccccc4)c4ccccc4c(-c4ccc5c(c4)-c4cc6ccccc6c6cccc(c46)O5)c23)cc1. The normalized spacial score (nSPS) is 12.1. The van der Waals surface area contributed by atoms with E-state index in [1.165, 1.54) is 92.8 Å². The van der Waals surface area contributed by atoms with E-state index in [2.05, 4.69) is 182 Å². The molecule has 0 atom stereocenters. The van der Waals surface area contributed by atoms with Crippen LogP contribution in [0.2, 0.25) is 0 Å². The zero-order chi connectivity index (χ0) is 33.5. The Labute approximate surface area is 295 Å². The fraction of sp³-hybridized carbons (Fsp3) is 0. The molecule has 0 spiro atoms. The monoisotopic (exact) mass is 646 g/mol. The maximum atomic E-state index is 6.68. The van der Waals surface area contributed by atoms with Crippen molar-refractivity contribution < 1.29 is 4.74 Å². The number of hydrogen-bond acceptors (Lipinski definition) is 1. The fourth-order valence-electron chi connectivity index (χ4n) is 8.65. The van der Waals surface area contributed by atoms with Gasteiger partial charge in [0.05, 0.1) is 0 Å². The predicted molar refractivity (Wildman–Crippen MR) is 216 cm³/mol. The molecule has 236 valence electrons. The molecule has 11 rings (SSSR count). The summed E-state index contributed by atoms with van der Waals surface area (Å²) in [4.78, 5) is 0. The molecule has 10 aromatic carbocycles. The van der Waals surface area contributed by atoms with Crippen LogP contribution >= 0.6 is 0 Å². The molecule has 0 saturated carbocycles. The molecule has 0 radical (unpaired) electrons. The fourth-order valence-corrected chi connectivity index (χ4v) is 8.65. The summed E-state index contributed by atoms with van der Waals surface area (Å²) in [6.07, 6.45) is 0. The van der Waals surface area contributed by atoms with Gasteiger partial charge in [-0.1, -0.05) is 158 Å². The van der Waals surface area contributed by atoms with Crippen molar-refractivity contribution in [3.63, 3.8) is 0 Å². The Bertz CT molecular complexity index is 3030. The Morgan fingerprint density at radius 2 is 0.902 bits per heavy atom. The molecule has 51 heavy (non-hydrogen) atoms. The van der Waals surface area contributed by atoms with Crippen LogP contribution in [0.25, 0.3) is 98.4 Å². The largest absolute Gasteiger partial charge is 0.456 e. The van der Waals surface area contributed by atoms with Gasteiger partial charge in [0, 0.05) is 10.9 Å². The van der Waals surface area contributed by atoms with Crippen molar-refractivity contribution in [1.82, 2.24) is 0 Å². The van der Waals surface area contributed by atoms with Gasteiger partial charge in [0.2, 0.25) is 0 Å². The summed E-state index contributed by atoms with van der Waals surface area (Å²) in [5.74, 6) is 1.80. The molecular formula is C50H30O. The number of fused-ring (bicyclic) bond motifs is 8. The number of ether oxygens (including phenoxy) is 1. The van der Waals surface area contributed by atoms with Crippen molar-refractivity contribution in [1.29, 1.82) is 0 Å². The molecule has 0 N–H and O–H groups in total. The molecule has 0 amide bonds. The minimum atomic E-state index is 0.889. The van der Waals surface area contributed by atoms with Gasteiger partial charge in [0.25, 0.3) is 0 Å². The molecule has 10 aromatic rings. The lowest BCUT2D eigenvalue weighted by Crippen LogP contribution is -1.98.